The monoisotopic (exact) mass is 323 g/mol. The van der Waals surface area contributed by atoms with Crippen LogP contribution in [0.25, 0.3) is 0 Å². The largest absolute Gasteiger partial charge is 0.337 e. The van der Waals surface area contributed by atoms with Gasteiger partial charge in [0.1, 0.15) is 5.69 Å². The molecule has 1 aromatic carbocycles. The Kier molecular flexibility index (Phi) is 4.60. The van der Waals surface area contributed by atoms with Gasteiger partial charge >= 0.3 is 0 Å². The number of benzene rings is 1. The Bertz CT molecular complexity index is 780. The van der Waals surface area contributed by atoms with Crippen LogP contribution in [0.2, 0.25) is 0 Å². The van der Waals surface area contributed by atoms with E-state index in [2.05, 4.69) is 10.3 Å². The first-order chi connectivity index (χ1) is 11.5. The molecule has 1 aromatic heterocycles. The third kappa shape index (κ3) is 3.45. The lowest BCUT2D eigenvalue weighted by atomic mass is 10.1. The van der Waals surface area contributed by atoms with E-state index >= 15 is 0 Å². The molecule has 2 heterocycles. The first kappa shape index (κ1) is 16.2. The molecule has 0 atom stereocenters. The van der Waals surface area contributed by atoms with Crippen LogP contribution in [-0.4, -0.2) is 34.8 Å². The number of nitrogens with one attached hydrogen (secondary N) is 1. The minimum Gasteiger partial charge on any atom is -0.337 e. The number of hydrogen-bond acceptors (Lipinski definition) is 3. The molecular formula is C19H21N3O2. The van der Waals surface area contributed by atoms with Crippen molar-refractivity contribution in [3.8, 4) is 0 Å². The summed E-state index contributed by atoms with van der Waals surface area (Å²) < 4.78 is 0. The predicted molar refractivity (Wildman–Crippen MR) is 93.2 cm³/mol. The number of carbonyl (C=O) groups excluding carboxylic acids is 2. The zero-order chi connectivity index (χ0) is 17.1. The lowest BCUT2D eigenvalue weighted by Crippen LogP contribution is -2.28. The van der Waals surface area contributed by atoms with Crippen molar-refractivity contribution in [1.82, 2.24) is 9.88 Å². The number of aryl methyl sites for hydroxylation is 2. The second kappa shape index (κ2) is 6.83. The van der Waals surface area contributed by atoms with E-state index in [1.807, 2.05) is 32.0 Å². The molecule has 5 nitrogen and oxygen atoms in total. The first-order valence-corrected chi connectivity index (χ1v) is 8.18. The van der Waals surface area contributed by atoms with Crippen molar-refractivity contribution in [1.29, 1.82) is 0 Å². The molecule has 1 N–H and O–H groups in total. The molecule has 5 heteroatoms. The maximum absolute atomic E-state index is 12.5. The highest BCUT2D eigenvalue weighted by atomic mass is 16.2. The van der Waals surface area contributed by atoms with Gasteiger partial charge in [0.25, 0.3) is 11.8 Å². The summed E-state index contributed by atoms with van der Waals surface area (Å²) in [5.74, 6) is -0.338. The highest BCUT2D eigenvalue weighted by molar-refractivity contribution is 6.06. The van der Waals surface area contributed by atoms with Crippen molar-refractivity contribution < 1.29 is 9.59 Å². The van der Waals surface area contributed by atoms with E-state index in [0.29, 0.717) is 11.3 Å². The van der Waals surface area contributed by atoms with Crippen molar-refractivity contribution in [3.05, 3.63) is 58.9 Å². The molecule has 0 aliphatic carbocycles. The van der Waals surface area contributed by atoms with Crippen LogP contribution < -0.4 is 5.32 Å². The average Bonchev–Trinajstić information content (AvgIpc) is 3.12. The van der Waals surface area contributed by atoms with Gasteiger partial charge in [-0.15, -0.1) is 0 Å². The molecule has 124 valence electrons. The van der Waals surface area contributed by atoms with Gasteiger partial charge in [-0.05, 0) is 56.0 Å². The minimum atomic E-state index is -0.235. The Morgan fingerprint density at radius 2 is 1.83 bits per heavy atom. The first-order valence-electron chi connectivity index (χ1n) is 8.18. The van der Waals surface area contributed by atoms with E-state index in [9.17, 15) is 9.59 Å². The molecule has 24 heavy (non-hydrogen) atoms. The van der Waals surface area contributed by atoms with E-state index in [1.165, 1.54) is 6.20 Å². The maximum Gasteiger partial charge on any atom is 0.272 e. The molecule has 2 aromatic rings. The fourth-order valence-corrected chi connectivity index (χ4v) is 2.84. The number of rotatable bonds is 3. The number of nitrogens with zero attached hydrogens (tertiary/aromatic N) is 2. The van der Waals surface area contributed by atoms with E-state index in [0.717, 1.165) is 42.7 Å². The van der Waals surface area contributed by atoms with Gasteiger partial charge in [0.05, 0.1) is 0 Å². The fourth-order valence-electron chi connectivity index (χ4n) is 2.84. The standard InChI is InChI=1S/C19H21N3O2/c1-13-5-6-14(2)16(11-13)21-18(23)15-7-8-20-17(12-15)19(24)22-9-3-4-10-22/h5-8,11-12H,3-4,9-10H2,1-2H3,(H,21,23). The van der Waals surface area contributed by atoms with Gasteiger partial charge in [-0.3, -0.25) is 14.6 Å². The number of anilines is 1. The zero-order valence-corrected chi connectivity index (χ0v) is 14.0. The summed E-state index contributed by atoms with van der Waals surface area (Å²) in [6, 6.07) is 9.11. The molecule has 0 unspecified atom stereocenters. The van der Waals surface area contributed by atoms with Gasteiger partial charge in [0, 0.05) is 30.5 Å². The van der Waals surface area contributed by atoms with Crippen molar-refractivity contribution in [2.24, 2.45) is 0 Å². The SMILES string of the molecule is Cc1ccc(C)c(NC(=O)c2ccnc(C(=O)N3CCCC3)c2)c1. The van der Waals surface area contributed by atoms with Crippen LogP contribution in [-0.2, 0) is 0 Å². The van der Waals surface area contributed by atoms with Crippen molar-refractivity contribution in [3.63, 3.8) is 0 Å². The molecule has 0 bridgehead atoms. The number of amides is 2. The van der Waals surface area contributed by atoms with Gasteiger partial charge in [0.2, 0.25) is 0 Å². The topological polar surface area (TPSA) is 62.3 Å². The summed E-state index contributed by atoms with van der Waals surface area (Å²) in [7, 11) is 0. The Morgan fingerprint density at radius 1 is 1.08 bits per heavy atom. The summed E-state index contributed by atoms with van der Waals surface area (Å²) >= 11 is 0. The summed E-state index contributed by atoms with van der Waals surface area (Å²) in [6.07, 6.45) is 3.57. The fraction of sp³-hybridized carbons (Fsp3) is 0.316. The second-order valence-electron chi connectivity index (χ2n) is 6.20. The Hall–Kier alpha value is -2.69. The van der Waals surface area contributed by atoms with Gasteiger partial charge in [-0.2, -0.15) is 0 Å². The Labute approximate surface area is 141 Å². The highest BCUT2D eigenvalue weighted by Crippen LogP contribution is 2.18. The van der Waals surface area contributed by atoms with Crippen LogP contribution >= 0.6 is 0 Å². The van der Waals surface area contributed by atoms with Crippen LogP contribution in [0, 0.1) is 13.8 Å². The molecule has 1 aliphatic heterocycles. The van der Waals surface area contributed by atoms with E-state index in [1.54, 1.807) is 17.0 Å². The van der Waals surface area contributed by atoms with Gasteiger partial charge in [0.15, 0.2) is 0 Å². The van der Waals surface area contributed by atoms with Crippen molar-refractivity contribution in [2.45, 2.75) is 26.7 Å². The molecular weight excluding hydrogens is 302 g/mol. The number of hydrogen-bond donors (Lipinski definition) is 1. The molecule has 0 saturated carbocycles. The highest BCUT2D eigenvalue weighted by Gasteiger charge is 2.21. The third-order valence-electron chi connectivity index (χ3n) is 4.28. The summed E-state index contributed by atoms with van der Waals surface area (Å²) in [4.78, 5) is 30.8. The summed E-state index contributed by atoms with van der Waals surface area (Å²) in [5.41, 5.74) is 3.62. The molecule has 3 rings (SSSR count). The summed E-state index contributed by atoms with van der Waals surface area (Å²) in [6.45, 7) is 5.46. The van der Waals surface area contributed by atoms with Crippen LogP contribution in [0.5, 0.6) is 0 Å². The quantitative estimate of drug-likeness (QED) is 0.943. The number of pyridine rings is 1. The molecule has 0 radical (unpaired) electrons. The third-order valence-corrected chi connectivity index (χ3v) is 4.28. The predicted octanol–water partition coefficient (Wildman–Crippen LogP) is 3.19. The summed E-state index contributed by atoms with van der Waals surface area (Å²) in [5, 5.41) is 2.91. The van der Waals surface area contributed by atoms with Gasteiger partial charge in [-0.1, -0.05) is 12.1 Å². The maximum atomic E-state index is 12.5. The van der Waals surface area contributed by atoms with Gasteiger partial charge < -0.3 is 10.2 Å². The minimum absolute atomic E-state index is 0.103. The van der Waals surface area contributed by atoms with Crippen LogP contribution in [0.3, 0.4) is 0 Å². The number of aromatic nitrogens is 1. The van der Waals surface area contributed by atoms with E-state index < -0.39 is 0 Å². The van der Waals surface area contributed by atoms with Crippen molar-refractivity contribution >= 4 is 17.5 Å². The van der Waals surface area contributed by atoms with Gasteiger partial charge in [-0.25, -0.2) is 0 Å². The second-order valence-corrected chi connectivity index (χ2v) is 6.20. The number of carbonyl (C=O) groups is 2. The molecule has 1 aliphatic rings. The van der Waals surface area contributed by atoms with E-state index in [-0.39, 0.29) is 11.8 Å². The lowest BCUT2D eigenvalue weighted by molar-refractivity contribution is 0.0787. The van der Waals surface area contributed by atoms with Crippen LogP contribution in [0.15, 0.2) is 36.5 Å². The Balaban J connectivity index is 1.79. The number of likely N-dealkylation sites (tertiary alicyclic amines) is 1. The normalized spacial score (nSPS) is 13.8. The van der Waals surface area contributed by atoms with Crippen LogP contribution in [0.1, 0.15) is 44.8 Å². The van der Waals surface area contributed by atoms with E-state index in [4.69, 9.17) is 0 Å². The smallest absolute Gasteiger partial charge is 0.272 e. The molecule has 0 spiro atoms. The molecule has 1 saturated heterocycles. The Morgan fingerprint density at radius 3 is 2.58 bits per heavy atom. The average molecular weight is 323 g/mol. The zero-order valence-electron chi connectivity index (χ0n) is 14.0. The molecule has 2 amide bonds. The molecule has 1 fully saturated rings. The van der Waals surface area contributed by atoms with Crippen LogP contribution in [0.4, 0.5) is 5.69 Å². The van der Waals surface area contributed by atoms with Crippen molar-refractivity contribution in [2.75, 3.05) is 18.4 Å². The lowest BCUT2D eigenvalue weighted by Gasteiger charge is -2.15.